The van der Waals surface area contributed by atoms with E-state index >= 15 is 0 Å². The Hall–Kier alpha value is -2.62. The predicted octanol–water partition coefficient (Wildman–Crippen LogP) is 3.46. The van der Waals surface area contributed by atoms with Gasteiger partial charge in [-0.1, -0.05) is 6.08 Å². The van der Waals surface area contributed by atoms with Gasteiger partial charge in [0, 0.05) is 18.2 Å². The van der Waals surface area contributed by atoms with E-state index in [1.165, 1.54) is 14.2 Å². The zero-order valence-corrected chi connectivity index (χ0v) is 21.3. The summed E-state index contributed by atoms with van der Waals surface area (Å²) < 4.78 is 32.8. The fourth-order valence-electron chi connectivity index (χ4n) is 3.89. The van der Waals surface area contributed by atoms with Crippen molar-refractivity contribution >= 4 is 11.9 Å². The van der Waals surface area contributed by atoms with Gasteiger partial charge >= 0.3 is 18.4 Å². The number of cyclic esters (lactones) is 1. The summed E-state index contributed by atoms with van der Waals surface area (Å²) in [6.45, 7) is 9.96. The van der Waals surface area contributed by atoms with Gasteiger partial charge in [0.2, 0.25) is 0 Å². The SMILES string of the molecule is CCOC(=O)C(C)(C)C(O)C(C)=CCc1c(OC)c(C)c2c(c1OC(OC)OCC)C(=O)OC2. The molecule has 34 heavy (non-hydrogen) atoms. The summed E-state index contributed by atoms with van der Waals surface area (Å²) >= 11 is 0. The number of allylic oxidation sites excluding steroid dienone is 1. The number of carbonyl (C=O) groups is 2. The van der Waals surface area contributed by atoms with Crippen molar-refractivity contribution in [3.8, 4) is 11.5 Å². The van der Waals surface area contributed by atoms with E-state index in [1.54, 1.807) is 40.7 Å². The number of hydrogen-bond acceptors (Lipinski definition) is 9. The van der Waals surface area contributed by atoms with Gasteiger partial charge in [-0.3, -0.25) is 4.79 Å². The van der Waals surface area contributed by atoms with Crippen molar-refractivity contribution in [2.45, 2.75) is 67.2 Å². The Kier molecular flexibility index (Phi) is 9.49. The van der Waals surface area contributed by atoms with Crippen LogP contribution in [-0.4, -0.2) is 57.1 Å². The van der Waals surface area contributed by atoms with E-state index in [0.717, 1.165) is 5.56 Å². The van der Waals surface area contributed by atoms with E-state index in [9.17, 15) is 14.7 Å². The van der Waals surface area contributed by atoms with Gasteiger partial charge in [-0.05, 0) is 59.1 Å². The Morgan fingerprint density at radius 3 is 2.44 bits per heavy atom. The van der Waals surface area contributed by atoms with Gasteiger partial charge in [-0.15, -0.1) is 0 Å². The third kappa shape index (κ3) is 5.54. The zero-order valence-electron chi connectivity index (χ0n) is 21.3. The number of ether oxygens (including phenoxy) is 6. The molecule has 0 aromatic heterocycles. The molecule has 0 spiro atoms. The molecule has 1 aliphatic heterocycles. The average Bonchev–Trinajstić information content (AvgIpc) is 3.20. The van der Waals surface area contributed by atoms with Crippen LogP contribution in [0.5, 0.6) is 11.5 Å². The molecule has 0 saturated heterocycles. The van der Waals surface area contributed by atoms with Crippen molar-refractivity contribution in [1.29, 1.82) is 0 Å². The molecule has 1 aromatic rings. The van der Waals surface area contributed by atoms with Gasteiger partial charge in [0.15, 0.2) is 0 Å². The van der Waals surface area contributed by atoms with Gasteiger partial charge in [0.25, 0.3) is 0 Å². The molecule has 2 rings (SSSR count). The van der Waals surface area contributed by atoms with E-state index in [1.807, 2.05) is 6.92 Å². The molecule has 0 radical (unpaired) electrons. The topological polar surface area (TPSA) is 110 Å². The first-order chi connectivity index (χ1) is 16.0. The molecule has 1 aliphatic rings. The number of esters is 2. The second kappa shape index (κ2) is 11.7. The van der Waals surface area contributed by atoms with Crippen molar-refractivity contribution in [3.63, 3.8) is 0 Å². The molecule has 2 unspecified atom stereocenters. The molecule has 1 aromatic carbocycles. The fraction of sp³-hybridized carbons (Fsp3) is 0.600. The normalized spacial score (nSPS) is 15.4. The zero-order chi connectivity index (χ0) is 25.6. The number of rotatable bonds is 12. The summed E-state index contributed by atoms with van der Waals surface area (Å²) in [5.74, 6) is -0.231. The molecule has 190 valence electrons. The number of hydrogen-bond donors (Lipinski definition) is 1. The lowest BCUT2D eigenvalue weighted by Crippen LogP contribution is -2.39. The Morgan fingerprint density at radius 2 is 1.88 bits per heavy atom. The maximum Gasteiger partial charge on any atom is 0.342 e. The van der Waals surface area contributed by atoms with Crippen LogP contribution in [0.25, 0.3) is 0 Å². The highest BCUT2D eigenvalue weighted by Gasteiger charge is 2.38. The molecule has 0 saturated carbocycles. The van der Waals surface area contributed by atoms with E-state index in [0.29, 0.717) is 34.6 Å². The first-order valence-corrected chi connectivity index (χ1v) is 11.3. The molecular formula is C25H36O9. The standard InChI is InChI=1S/C25H36O9/c1-9-31-23(28)25(5,6)21(26)14(3)11-12-16-19(29-7)15(4)17-13-33-22(27)18(17)20(16)34-24(30-8)32-10-2/h11,21,24,26H,9-10,12-13H2,1-8H3. The molecule has 2 atom stereocenters. The van der Waals surface area contributed by atoms with Crippen LogP contribution in [-0.2, 0) is 36.8 Å². The third-order valence-electron chi connectivity index (χ3n) is 5.88. The van der Waals surface area contributed by atoms with Crippen LogP contribution in [0.2, 0.25) is 0 Å². The number of benzene rings is 1. The van der Waals surface area contributed by atoms with Gasteiger partial charge in [-0.25, -0.2) is 4.79 Å². The van der Waals surface area contributed by atoms with Gasteiger partial charge in [0.1, 0.15) is 23.7 Å². The summed E-state index contributed by atoms with van der Waals surface area (Å²) in [6, 6.07) is 0. The predicted molar refractivity (Wildman–Crippen MR) is 124 cm³/mol. The second-order valence-corrected chi connectivity index (χ2v) is 8.49. The molecule has 1 heterocycles. The van der Waals surface area contributed by atoms with Crippen molar-refractivity contribution in [1.82, 2.24) is 0 Å². The lowest BCUT2D eigenvalue weighted by Gasteiger charge is -2.29. The summed E-state index contributed by atoms with van der Waals surface area (Å²) in [5.41, 5.74) is 1.72. The maximum atomic E-state index is 12.6. The summed E-state index contributed by atoms with van der Waals surface area (Å²) in [4.78, 5) is 24.9. The molecule has 0 aliphatic carbocycles. The van der Waals surface area contributed by atoms with E-state index < -0.39 is 29.9 Å². The van der Waals surface area contributed by atoms with Crippen molar-refractivity contribution in [2.75, 3.05) is 27.4 Å². The number of methoxy groups -OCH3 is 2. The van der Waals surface area contributed by atoms with Crippen molar-refractivity contribution in [2.24, 2.45) is 5.41 Å². The summed E-state index contributed by atoms with van der Waals surface area (Å²) in [7, 11) is 2.97. The quantitative estimate of drug-likeness (QED) is 0.273. The van der Waals surface area contributed by atoms with Crippen LogP contribution in [0.3, 0.4) is 0 Å². The highest BCUT2D eigenvalue weighted by molar-refractivity contribution is 5.98. The molecule has 0 amide bonds. The second-order valence-electron chi connectivity index (χ2n) is 8.49. The first kappa shape index (κ1) is 27.6. The molecule has 1 N–H and O–H groups in total. The van der Waals surface area contributed by atoms with Crippen molar-refractivity contribution in [3.05, 3.63) is 33.9 Å². The number of carbonyl (C=O) groups excluding carboxylic acids is 2. The monoisotopic (exact) mass is 480 g/mol. The van der Waals surface area contributed by atoms with Crippen LogP contribution in [0.4, 0.5) is 0 Å². The van der Waals surface area contributed by atoms with Crippen molar-refractivity contribution < 1.29 is 43.1 Å². The van der Waals surface area contributed by atoms with Crippen LogP contribution >= 0.6 is 0 Å². The smallest absolute Gasteiger partial charge is 0.342 e. The Labute approximate surface area is 200 Å². The fourth-order valence-corrected chi connectivity index (χ4v) is 3.89. The molecule has 0 fully saturated rings. The average molecular weight is 481 g/mol. The number of fused-ring (bicyclic) bond motifs is 1. The Bertz CT molecular complexity index is 933. The van der Waals surface area contributed by atoms with E-state index in [2.05, 4.69) is 0 Å². The van der Waals surface area contributed by atoms with Gasteiger partial charge in [0.05, 0.1) is 31.8 Å². The van der Waals surface area contributed by atoms with E-state index in [4.69, 9.17) is 28.4 Å². The summed E-state index contributed by atoms with van der Waals surface area (Å²) in [5, 5.41) is 10.9. The minimum atomic E-state index is -1.15. The molecular weight excluding hydrogens is 444 g/mol. The Morgan fingerprint density at radius 1 is 1.21 bits per heavy atom. The highest BCUT2D eigenvalue weighted by atomic mass is 16.8. The first-order valence-electron chi connectivity index (χ1n) is 11.3. The van der Waals surface area contributed by atoms with Crippen LogP contribution in [0, 0.1) is 12.3 Å². The van der Waals surface area contributed by atoms with Crippen LogP contribution < -0.4 is 9.47 Å². The number of aliphatic hydroxyl groups excluding tert-OH is 1. The van der Waals surface area contributed by atoms with Gasteiger partial charge < -0.3 is 33.5 Å². The van der Waals surface area contributed by atoms with Crippen LogP contribution in [0.15, 0.2) is 11.6 Å². The molecule has 9 nitrogen and oxygen atoms in total. The summed E-state index contributed by atoms with van der Waals surface area (Å²) in [6.07, 6.45) is 0.924. The largest absolute Gasteiger partial charge is 0.496 e. The molecule has 9 heteroatoms. The lowest BCUT2D eigenvalue weighted by atomic mass is 9.82. The minimum Gasteiger partial charge on any atom is -0.496 e. The van der Waals surface area contributed by atoms with Crippen LogP contribution in [0.1, 0.15) is 61.7 Å². The molecule has 0 bridgehead atoms. The Balaban J connectivity index is 2.55. The lowest BCUT2D eigenvalue weighted by molar-refractivity contribution is -0.231. The third-order valence-corrected chi connectivity index (χ3v) is 5.88. The minimum absolute atomic E-state index is 0.112. The van der Waals surface area contributed by atoms with Gasteiger partial charge in [-0.2, -0.15) is 0 Å². The number of aliphatic hydroxyl groups is 1. The highest BCUT2D eigenvalue weighted by Crippen LogP contribution is 2.43. The maximum absolute atomic E-state index is 12.6. The van der Waals surface area contributed by atoms with E-state index in [-0.39, 0.29) is 25.4 Å².